The highest BCUT2D eigenvalue weighted by atomic mass is 32.2. The Bertz CT molecular complexity index is 1140. The minimum atomic E-state index is -5.08. The molecule has 1 N–H and O–H groups in total. The summed E-state index contributed by atoms with van der Waals surface area (Å²) in [6, 6.07) is 8.53. The Morgan fingerprint density at radius 2 is 1.78 bits per heavy atom. The van der Waals surface area contributed by atoms with Crippen molar-refractivity contribution in [2.45, 2.75) is 31.6 Å². The van der Waals surface area contributed by atoms with E-state index in [1.165, 1.54) is 23.8 Å². The Labute approximate surface area is 213 Å². The van der Waals surface area contributed by atoms with Crippen LogP contribution in [-0.2, 0) is 23.9 Å². The largest absolute Gasteiger partial charge is 0.490 e. The summed E-state index contributed by atoms with van der Waals surface area (Å²) in [5.41, 5.74) is -0.753. The van der Waals surface area contributed by atoms with Crippen molar-refractivity contribution < 1.29 is 47.0 Å². The number of alkyl halides is 3. The fourth-order valence-corrected chi connectivity index (χ4v) is 5.92. The van der Waals surface area contributed by atoms with Gasteiger partial charge in [0.2, 0.25) is 11.8 Å². The van der Waals surface area contributed by atoms with Crippen LogP contribution < -0.4 is 0 Å². The molecule has 2 amide bonds. The Morgan fingerprint density at radius 1 is 1.19 bits per heavy atom. The number of ether oxygens (including phenoxy) is 1. The molecule has 0 unspecified atom stereocenters. The highest BCUT2D eigenvalue weighted by Gasteiger charge is 2.71. The van der Waals surface area contributed by atoms with Crippen LogP contribution in [0.25, 0.3) is 0 Å². The molecule has 4 atom stereocenters. The van der Waals surface area contributed by atoms with Gasteiger partial charge in [0.15, 0.2) is 11.0 Å². The number of hydrogen-bond donors (Lipinski definition) is 1. The fraction of sp³-hybridized carbons (Fsp3) is 0.478. The van der Waals surface area contributed by atoms with Crippen LogP contribution in [-0.4, -0.2) is 93.3 Å². The maximum Gasteiger partial charge on any atom is 0.490 e. The highest BCUT2D eigenvalue weighted by Crippen LogP contribution is 2.52. The Balaban J connectivity index is 0.000000479. The van der Waals surface area contributed by atoms with Crippen molar-refractivity contribution in [2.24, 2.45) is 16.8 Å². The average molecular weight is 544 g/mol. The van der Waals surface area contributed by atoms with Gasteiger partial charge in [0.05, 0.1) is 37.3 Å². The first kappa shape index (κ1) is 28.2. The van der Waals surface area contributed by atoms with Crippen molar-refractivity contribution in [3.05, 3.63) is 35.9 Å². The number of thioether (sulfide) groups is 1. The molecule has 10 nitrogen and oxygen atoms in total. The third-order valence-corrected chi connectivity index (χ3v) is 7.49. The summed E-state index contributed by atoms with van der Waals surface area (Å²) in [7, 11) is 1.27. The van der Waals surface area contributed by atoms with Gasteiger partial charge in [-0.15, -0.1) is 0 Å². The molecule has 0 saturated carbocycles. The van der Waals surface area contributed by atoms with E-state index in [1.807, 2.05) is 6.07 Å². The molecule has 0 aromatic heterocycles. The molecule has 0 bridgehead atoms. The Morgan fingerprint density at radius 3 is 2.30 bits per heavy atom. The lowest BCUT2D eigenvalue weighted by atomic mass is 9.81. The summed E-state index contributed by atoms with van der Waals surface area (Å²) in [6.45, 7) is 3.95. The first-order valence-corrected chi connectivity index (χ1v) is 12.1. The lowest BCUT2D eigenvalue weighted by Crippen LogP contribution is -2.57. The van der Waals surface area contributed by atoms with Crippen molar-refractivity contribution in [3.8, 4) is 0 Å². The summed E-state index contributed by atoms with van der Waals surface area (Å²) >= 11 is 1.22. The summed E-state index contributed by atoms with van der Waals surface area (Å²) in [5, 5.41) is 7.62. The van der Waals surface area contributed by atoms with Gasteiger partial charge in [-0.05, 0) is 13.8 Å². The van der Waals surface area contributed by atoms with Crippen molar-refractivity contribution in [3.63, 3.8) is 0 Å². The molecule has 3 heterocycles. The molecule has 14 heteroatoms. The number of amides is 2. The number of methoxy groups -OCH3 is 1. The standard InChI is InChI=1S/C21H23N3O5S.C2HF3O2/c1-4-23-17(26)15-13-10-22-20(30-11-14(25)12-8-6-5-7-9-12)24(13)21(2,19(28)29-3)16(15)18(23)27;3-2(4,5)1(6)7/h5-9,13,15-16H,4,10-11H2,1-3H3;(H,6,7)/t13-,15+,16-,21-;/m1./s1. The van der Waals surface area contributed by atoms with E-state index in [2.05, 4.69) is 4.99 Å². The van der Waals surface area contributed by atoms with E-state index in [0.717, 1.165) is 0 Å². The highest BCUT2D eigenvalue weighted by molar-refractivity contribution is 8.14. The number of esters is 1. The number of carbonyl (C=O) groups excluding carboxylic acids is 4. The smallest absolute Gasteiger partial charge is 0.475 e. The second kappa shape index (κ2) is 10.5. The molecule has 0 spiro atoms. The second-order valence-corrected chi connectivity index (χ2v) is 9.45. The van der Waals surface area contributed by atoms with Crippen molar-refractivity contribution in [2.75, 3.05) is 26.0 Å². The number of ketones is 1. The number of benzene rings is 1. The number of aliphatic imine (C=N–C) groups is 1. The lowest BCUT2D eigenvalue weighted by molar-refractivity contribution is -0.192. The third kappa shape index (κ3) is 4.93. The molecule has 3 aliphatic rings. The molecule has 0 radical (unpaired) electrons. The third-order valence-electron chi connectivity index (χ3n) is 6.50. The van der Waals surface area contributed by atoms with Crippen molar-refractivity contribution in [1.82, 2.24) is 9.80 Å². The van der Waals surface area contributed by atoms with Crippen LogP contribution in [0.2, 0.25) is 0 Å². The van der Waals surface area contributed by atoms with E-state index in [0.29, 0.717) is 17.3 Å². The van der Waals surface area contributed by atoms with Gasteiger partial charge < -0.3 is 14.7 Å². The van der Waals surface area contributed by atoms with Gasteiger partial charge in [0, 0.05) is 12.1 Å². The van der Waals surface area contributed by atoms with Gasteiger partial charge in [0.25, 0.3) is 0 Å². The van der Waals surface area contributed by atoms with E-state index in [4.69, 9.17) is 14.6 Å². The van der Waals surface area contributed by atoms with E-state index >= 15 is 0 Å². The first-order valence-electron chi connectivity index (χ1n) is 11.1. The summed E-state index contributed by atoms with van der Waals surface area (Å²) in [6.07, 6.45) is -5.08. The van der Waals surface area contributed by atoms with Gasteiger partial charge >= 0.3 is 18.1 Å². The number of rotatable bonds is 5. The number of fused-ring (bicyclic) bond motifs is 3. The number of Topliss-reactive ketones (excluding diaryl/α,β-unsaturated/α-hetero) is 1. The topological polar surface area (TPSA) is 134 Å². The zero-order valence-electron chi connectivity index (χ0n) is 20.0. The van der Waals surface area contributed by atoms with Crippen molar-refractivity contribution >= 4 is 46.5 Å². The van der Waals surface area contributed by atoms with Gasteiger partial charge in [-0.1, -0.05) is 42.1 Å². The number of hydrogen-bond acceptors (Lipinski definition) is 9. The van der Waals surface area contributed by atoms with Gasteiger partial charge in [-0.25, -0.2) is 9.59 Å². The van der Waals surface area contributed by atoms with Gasteiger partial charge in [-0.2, -0.15) is 13.2 Å². The molecule has 1 aromatic carbocycles. The fourth-order valence-electron chi connectivity index (χ4n) is 4.86. The normalized spacial score (nSPS) is 26.2. The zero-order valence-corrected chi connectivity index (χ0v) is 20.8. The van der Waals surface area contributed by atoms with Crippen LogP contribution in [0, 0.1) is 11.8 Å². The number of aliphatic carboxylic acids is 1. The van der Waals surface area contributed by atoms with E-state index in [9.17, 15) is 32.3 Å². The van der Waals surface area contributed by atoms with E-state index in [1.54, 1.807) is 43.0 Å². The number of amidine groups is 1. The number of carboxylic acid groups (broad SMARTS) is 1. The predicted octanol–water partition coefficient (Wildman–Crippen LogP) is 1.84. The molecular formula is C23H24F3N3O7S. The van der Waals surface area contributed by atoms with Crippen LogP contribution in [0.4, 0.5) is 13.2 Å². The average Bonchev–Trinajstić information content (AvgIpc) is 3.47. The monoisotopic (exact) mass is 543 g/mol. The molecule has 0 aliphatic carbocycles. The lowest BCUT2D eigenvalue weighted by Gasteiger charge is -2.37. The number of nitrogens with zero attached hydrogens (tertiary/aromatic N) is 3. The first-order chi connectivity index (χ1) is 17.3. The van der Waals surface area contributed by atoms with Crippen LogP contribution in [0.5, 0.6) is 0 Å². The molecule has 200 valence electrons. The molecule has 4 rings (SSSR count). The maximum absolute atomic E-state index is 13.0. The maximum atomic E-state index is 13.0. The minimum absolute atomic E-state index is 0.0600. The van der Waals surface area contributed by atoms with Crippen LogP contribution in [0.1, 0.15) is 24.2 Å². The number of carbonyl (C=O) groups is 5. The molecular weight excluding hydrogens is 519 g/mol. The molecule has 2 fully saturated rings. The molecule has 2 saturated heterocycles. The molecule has 37 heavy (non-hydrogen) atoms. The quantitative estimate of drug-likeness (QED) is 0.335. The van der Waals surface area contributed by atoms with Crippen LogP contribution >= 0.6 is 11.8 Å². The Kier molecular flexibility index (Phi) is 8.00. The Hall–Kier alpha value is -3.42. The van der Waals surface area contributed by atoms with Crippen LogP contribution in [0.15, 0.2) is 35.3 Å². The number of carboxylic acids is 1. The summed E-state index contributed by atoms with van der Waals surface area (Å²) in [5.74, 6) is -5.34. The van der Waals surface area contributed by atoms with Gasteiger partial charge in [0.1, 0.15) is 5.54 Å². The number of halogens is 3. The zero-order chi connectivity index (χ0) is 27.7. The second-order valence-electron chi connectivity index (χ2n) is 8.50. The minimum Gasteiger partial charge on any atom is -0.475 e. The summed E-state index contributed by atoms with van der Waals surface area (Å²) in [4.78, 5) is 67.8. The van der Waals surface area contributed by atoms with E-state index < -0.39 is 41.5 Å². The summed E-state index contributed by atoms with van der Waals surface area (Å²) < 4.78 is 36.8. The van der Waals surface area contributed by atoms with E-state index in [-0.39, 0.29) is 29.9 Å². The molecule has 3 aliphatic heterocycles. The predicted molar refractivity (Wildman–Crippen MR) is 125 cm³/mol. The van der Waals surface area contributed by atoms with Crippen molar-refractivity contribution in [1.29, 1.82) is 0 Å². The SMILES string of the molecule is CCN1C(=O)[C@H]2[C@H]3CN=C(SCC(=O)c4ccccc4)N3[C@@](C)(C(=O)OC)[C@H]2C1=O.O=C(O)C(F)(F)F. The number of imide groups is 1. The van der Waals surface area contributed by atoms with Gasteiger partial charge in [-0.3, -0.25) is 24.3 Å². The van der Waals surface area contributed by atoms with Crippen LogP contribution in [0.3, 0.4) is 0 Å². The number of likely N-dealkylation sites (tertiary alicyclic amines) is 1. The molecule has 1 aromatic rings.